The van der Waals surface area contributed by atoms with Gasteiger partial charge in [-0.05, 0) is 55.0 Å². The number of rotatable bonds is 4. The van der Waals surface area contributed by atoms with Crippen LogP contribution < -0.4 is 5.32 Å². The number of aromatic nitrogens is 4. The Hall–Kier alpha value is -3.23. The smallest absolute Gasteiger partial charge is 0.348 e. The minimum absolute atomic E-state index is 0.122. The molecule has 0 spiro atoms. The molecule has 2 aromatic heterocycles. The topological polar surface area (TPSA) is 72.7 Å². The maximum absolute atomic E-state index is 13.0. The Morgan fingerprint density at radius 1 is 1.23 bits per heavy atom. The fourth-order valence-corrected chi connectivity index (χ4v) is 3.78. The highest BCUT2D eigenvalue weighted by atomic mass is 19.4. The summed E-state index contributed by atoms with van der Waals surface area (Å²) in [6, 6.07) is 8.71. The molecule has 0 fully saturated rings. The lowest BCUT2D eigenvalue weighted by molar-refractivity contribution is -0.137. The van der Waals surface area contributed by atoms with Crippen LogP contribution in [0.5, 0.6) is 0 Å². The third-order valence-corrected chi connectivity index (χ3v) is 5.10. The Balaban J connectivity index is 1.61. The predicted octanol–water partition coefficient (Wildman–Crippen LogP) is 3.79. The third-order valence-electron chi connectivity index (χ3n) is 5.10. The molecule has 0 saturated heterocycles. The standard InChI is InChI=1S/C21H20F3N5O/c1-13(30)26-17-6-3-7-18-20(17)27-28-29(18)19-12-15(8-9-25-19)10-14-4-2-5-16(11-14)21(22,23)24/h2,4-5,8-9,11-12,17H,3,6-7,10H2,1H3,(H,26,30). The van der Waals surface area contributed by atoms with Gasteiger partial charge in [0.25, 0.3) is 0 Å². The molecular formula is C21H20F3N5O. The molecule has 4 rings (SSSR count). The molecule has 1 unspecified atom stereocenters. The summed E-state index contributed by atoms with van der Waals surface area (Å²) in [4.78, 5) is 15.8. The number of carbonyl (C=O) groups is 1. The number of hydrogen-bond acceptors (Lipinski definition) is 4. The summed E-state index contributed by atoms with van der Waals surface area (Å²) < 4.78 is 40.6. The van der Waals surface area contributed by atoms with Crippen LogP contribution in [-0.4, -0.2) is 25.9 Å². The fraction of sp³-hybridized carbons (Fsp3) is 0.333. The molecule has 156 valence electrons. The van der Waals surface area contributed by atoms with Crippen molar-refractivity contribution in [2.45, 2.75) is 44.8 Å². The number of benzene rings is 1. The predicted molar refractivity (Wildman–Crippen MR) is 103 cm³/mol. The first-order valence-corrected chi connectivity index (χ1v) is 9.64. The van der Waals surface area contributed by atoms with Gasteiger partial charge in [0.15, 0.2) is 5.82 Å². The van der Waals surface area contributed by atoms with Crippen LogP contribution in [0.3, 0.4) is 0 Å². The van der Waals surface area contributed by atoms with E-state index in [-0.39, 0.29) is 11.9 Å². The van der Waals surface area contributed by atoms with Crippen molar-refractivity contribution >= 4 is 5.91 Å². The zero-order chi connectivity index (χ0) is 21.3. The summed E-state index contributed by atoms with van der Waals surface area (Å²) in [5, 5.41) is 11.4. The average Bonchev–Trinajstić information content (AvgIpc) is 3.13. The van der Waals surface area contributed by atoms with Crippen molar-refractivity contribution in [2.24, 2.45) is 0 Å². The van der Waals surface area contributed by atoms with Crippen molar-refractivity contribution in [3.05, 3.63) is 70.7 Å². The molecule has 1 aliphatic rings. The Morgan fingerprint density at radius 3 is 2.80 bits per heavy atom. The molecule has 1 atom stereocenters. The number of alkyl halides is 3. The number of fused-ring (bicyclic) bond motifs is 1. The summed E-state index contributed by atoms with van der Waals surface area (Å²) in [6.45, 7) is 1.47. The molecule has 9 heteroatoms. The Labute approximate surface area is 171 Å². The van der Waals surface area contributed by atoms with Crippen LogP contribution in [0.25, 0.3) is 5.82 Å². The van der Waals surface area contributed by atoms with Crippen LogP contribution in [0.1, 0.15) is 53.9 Å². The lowest BCUT2D eigenvalue weighted by Gasteiger charge is -2.21. The van der Waals surface area contributed by atoms with Crippen LogP contribution in [0, 0.1) is 0 Å². The molecule has 30 heavy (non-hydrogen) atoms. The van der Waals surface area contributed by atoms with Gasteiger partial charge in [-0.15, -0.1) is 5.10 Å². The lowest BCUT2D eigenvalue weighted by Crippen LogP contribution is -2.29. The zero-order valence-corrected chi connectivity index (χ0v) is 16.3. The molecule has 2 heterocycles. The van der Waals surface area contributed by atoms with Gasteiger partial charge in [-0.25, -0.2) is 4.98 Å². The molecule has 1 amide bonds. The van der Waals surface area contributed by atoms with Gasteiger partial charge in [-0.1, -0.05) is 23.4 Å². The van der Waals surface area contributed by atoms with E-state index in [4.69, 9.17) is 0 Å². The maximum Gasteiger partial charge on any atom is 0.416 e. The first-order chi connectivity index (χ1) is 14.3. The van der Waals surface area contributed by atoms with Gasteiger partial charge in [0.05, 0.1) is 17.3 Å². The maximum atomic E-state index is 13.0. The van der Waals surface area contributed by atoms with Gasteiger partial charge in [0.1, 0.15) is 5.69 Å². The monoisotopic (exact) mass is 415 g/mol. The second kappa shape index (κ2) is 7.89. The Kier molecular flexibility index (Phi) is 5.27. The highest BCUT2D eigenvalue weighted by Gasteiger charge is 2.30. The van der Waals surface area contributed by atoms with E-state index in [2.05, 4.69) is 20.6 Å². The molecule has 1 N–H and O–H groups in total. The van der Waals surface area contributed by atoms with E-state index >= 15 is 0 Å². The first-order valence-electron chi connectivity index (χ1n) is 9.64. The van der Waals surface area contributed by atoms with E-state index in [9.17, 15) is 18.0 Å². The summed E-state index contributed by atoms with van der Waals surface area (Å²) in [6.07, 6.45) is 0.0243. The van der Waals surface area contributed by atoms with Crippen molar-refractivity contribution in [1.29, 1.82) is 0 Å². The van der Waals surface area contributed by atoms with Crippen molar-refractivity contribution in [2.75, 3.05) is 0 Å². The summed E-state index contributed by atoms with van der Waals surface area (Å²) >= 11 is 0. The van der Waals surface area contributed by atoms with Crippen molar-refractivity contribution in [3.63, 3.8) is 0 Å². The Morgan fingerprint density at radius 2 is 2.03 bits per heavy atom. The average molecular weight is 415 g/mol. The normalized spacial score (nSPS) is 16.2. The van der Waals surface area contributed by atoms with Gasteiger partial charge in [-0.2, -0.15) is 17.9 Å². The lowest BCUT2D eigenvalue weighted by atomic mass is 9.96. The SMILES string of the molecule is CC(=O)NC1CCCc2c1nnn2-c1cc(Cc2cccc(C(F)(F)F)c2)ccn1. The zero-order valence-electron chi connectivity index (χ0n) is 16.3. The molecule has 6 nitrogen and oxygen atoms in total. The van der Waals surface area contributed by atoms with Gasteiger partial charge in [-0.3, -0.25) is 4.79 Å². The van der Waals surface area contributed by atoms with E-state index in [1.807, 2.05) is 0 Å². The van der Waals surface area contributed by atoms with Crippen molar-refractivity contribution < 1.29 is 18.0 Å². The number of nitrogens with one attached hydrogen (secondary N) is 1. The number of nitrogens with zero attached hydrogens (tertiary/aromatic N) is 4. The van der Waals surface area contributed by atoms with E-state index in [1.165, 1.54) is 13.0 Å². The Bertz CT molecular complexity index is 1080. The summed E-state index contributed by atoms with van der Waals surface area (Å²) in [5.74, 6) is 0.431. The van der Waals surface area contributed by atoms with Crippen molar-refractivity contribution in [1.82, 2.24) is 25.3 Å². The highest BCUT2D eigenvalue weighted by molar-refractivity contribution is 5.73. The number of carbonyl (C=O) groups excluding carboxylic acids is 1. The van der Waals surface area contributed by atoms with Crippen LogP contribution in [-0.2, 0) is 23.8 Å². The van der Waals surface area contributed by atoms with Crippen LogP contribution in [0.2, 0.25) is 0 Å². The molecule has 3 aromatic rings. The summed E-state index contributed by atoms with van der Waals surface area (Å²) in [5.41, 5.74) is 2.35. The van der Waals surface area contributed by atoms with E-state index in [0.29, 0.717) is 17.8 Å². The first kappa shape index (κ1) is 20.1. The van der Waals surface area contributed by atoms with Crippen LogP contribution in [0.15, 0.2) is 42.6 Å². The van der Waals surface area contributed by atoms with Crippen LogP contribution in [0.4, 0.5) is 13.2 Å². The second-order valence-corrected chi connectivity index (χ2v) is 7.38. The van der Waals surface area contributed by atoms with Gasteiger partial charge in [0, 0.05) is 13.1 Å². The fourth-order valence-electron chi connectivity index (χ4n) is 3.78. The van der Waals surface area contributed by atoms with Gasteiger partial charge < -0.3 is 5.32 Å². The molecular weight excluding hydrogens is 395 g/mol. The largest absolute Gasteiger partial charge is 0.416 e. The molecule has 0 saturated carbocycles. The highest BCUT2D eigenvalue weighted by Crippen LogP contribution is 2.31. The van der Waals surface area contributed by atoms with E-state index in [1.54, 1.807) is 29.1 Å². The molecule has 0 radical (unpaired) electrons. The number of pyridine rings is 1. The molecule has 1 aromatic carbocycles. The van der Waals surface area contributed by atoms with Gasteiger partial charge >= 0.3 is 6.18 Å². The minimum atomic E-state index is -4.37. The molecule has 1 aliphatic carbocycles. The van der Waals surface area contributed by atoms with Crippen LogP contribution >= 0.6 is 0 Å². The quantitative estimate of drug-likeness (QED) is 0.704. The molecule has 0 bridgehead atoms. The van der Waals surface area contributed by atoms with Gasteiger partial charge in [0.2, 0.25) is 5.91 Å². The van der Waals surface area contributed by atoms with E-state index in [0.717, 1.165) is 48.3 Å². The number of halogens is 3. The van der Waals surface area contributed by atoms with E-state index < -0.39 is 11.7 Å². The molecule has 0 aliphatic heterocycles. The third kappa shape index (κ3) is 4.19. The minimum Gasteiger partial charge on any atom is -0.348 e. The second-order valence-electron chi connectivity index (χ2n) is 7.38. The van der Waals surface area contributed by atoms with Crippen molar-refractivity contribution in [3.8, 4) is 5.82 Å². The number of amides is 1. The number of hydrogen-bond donors (Lipinski definition) is 1. The summed E-state index contributed by atoms with van der Waals surface area (Å²) in [7, 11) is 0.